The second-order valence-corrected chi connectivity index (χ2v) is 5.17. The lowest BCUT2D eigenvalue weighted by atomic mass is 10.1. The molecule has 1 unspecified atom stereocenters. The smallest absolute Gasteiger partial charge is 0.148 e. The molecule has 0 saturated heterocycles. The average molecular weight is 294 g/mol. The van der Waals surface area contributed by atoms with Crippen molar-refractivity contribution in [1.29, 1.82) is 0 Å². The highest BCUT2D eigenvalue weighted by Gasteiger charge is 2.13. The number of furan rings is 1. The molecule has 3 heteroatoms. The summed E-state index contributed by atoms with van der Waals surface area (Å²) in [6.45, 7) is 4.17. The summed E-state index contributed by atoms with van der Waals surface area (Å²) in [5.74, 6) is 0.940. The first kappa shape index (κ1) is 12.4. The Morgan fingerprint density at radius 3 is 2.76 bits per heavy atom. The summed E-state index contributed by atoms with van der Waals surface area (Å²) >= 11 is 3.50. The standard InChI is InChI=1S/C14H16BrNO/c1-9(2)7-12(16-3)13-8-10-5-4-6-11(15)14(10)17-13/h4-8,12,16H,1-3H3. The Kier molecular flexibility index (Phi) is 3.69. The largest absolute Gasteiger partial charge is 0.458 e. The Balaban J connectivity index is 2.48. The summed E-state index contributed by atoms with van der Waals surface area (Å²) in [4.78, 5) is 0. The van der Waals surface area contributed by atoms with E-state index < -0.39 is 0 Å². The topological polar surface area (TPSA) is 25.2 Å². The monoisotopic (exact) mass is 293 g/mol. The first-order valence-corrected chi connectivity index (χ1v) is 6.41. The highest BCUT2D eigenvalue weighted by atomic mass is 79.9. The third-order valence-electron chi connectivity index (χ3n) is 2.63. The molecule has 0 amide bonds. The molecule has 90 valence electrons. The minimum atomic E-state index is 0.124. The molecule has 0 bridgehead atoms. The number of halogens is 1. The van der Waals surface area contributed by atoms with Crippen molar-refractivity contribution in [2.45, 2.75) is 19.9 Å². The molecule has 1 aromatic heterocycles. The zero-order valence-corrected chi connectivity index (χ0v) is 11.8. The Morgan fingerprint density at radius 1 is 1.41 bits per heavy atom. The van der Waals surface area contributed by atoms with Crippen LogP contribution < -0.4 is 5.32 Å². The molecule has 0 fully saturated rings. The van der Waals surface area contributed by atoms with Crippen LogP contribution >= 0.6 is 15.9 Å². The molecule has 0 spiro atoms. The van der Waals surface area contributed by atoms with Crippen LogP contribution in [0.15, 0.2) is 44.8 Å². The number of nitrogens with one attached hydrogen (secondary N) is 1. The number of rotatable bonds is 3. The van der Waals surface area contributed by atoms with Gasteiger partial charge in [-0.25, -0.2) is 0 Å². The molecule has 2 aromatic rings. The molecule has 2 nitrogen and oxygen atoms in total. The van der Waals surface area contributed by atoms with E-state index in [1.165, 1.54) is 5.57 Å². The van der Waals surface area contributed by atoms with Crippen molar-refractivity contribution < 1.29 is 4.42 Å². The number of allylic oxidation sites excluding steroid dienone is 1. The Morgan fingerprint density at radius 2 is 2.18 bits per heavy atom. The van der Waals surface area contributed by atoms with Crippen molar-refractivity contribution in [3.05, 3.63) is 46.1 Å². The first-order chi connectivity index (χ1) is 8.11. The van der Waals surface area contributed by atoms with E-state index in [-0.39, 0.29) is 6.04 Å². The number of para-hydroxylation sites is 1. The van der Waals surface area contributed by atoms with Gasteiger partial charge in [0.2, 0.25) is 0 Å². The van der Waals surface area contributed by atoms with Crippen LogP contribution in [0.5, 0.6) is 0 Å². The average Bonchev–Trinajstić information content (AvgIpc) is 2.70. The predicted molar refractivity (Wildman–Crippen MR) is 75.1 cm³/mol. The maximum Gasteiger partial charge on any atom is 0.148 e. The number of benzene rings is 1. The van der Waals surface area contributed by atoms with E-state index in [1.54, 1.807) is 0 Å². The molecule has 1 heterocycles. The summed E-state index contributed by atoms with van der Waals surface area (Å²) < 4.78 is 6.89. The van der Waals surface area contributed by atoms with Gasteiger partial charge in [-0.1, -0.05) is 23.8 Å². The van der Waals surface area contributed by atoms with Crippen LogP contribution in [0.3, 0.4) is 0 Å². The maximum absolute atomic E-state index is 5.90. The van der Waals surface area contributed by atoms with Gasteiger partial charge in [0.25, 0.3) is 0 Å². The van der Waals surface area contributed by atoms with Crippen LogP contribution in [0.1, 0.15) is 25.6 Å². The molecule has 0 aliphatic rings. The van der Waals surface area contributed by atoms with Crippen molar-refractivity contribution in [3.63, 3.8) is 0 Å². The Bertz CT molecular complexity index is 552. The number of likely N-dealkylation sites (N-methyl/N-ethyl adjacent to an activating group) is 1. The van der Waals surface area contributed by atoms with Gasteiger partial charge in [-0.15, -0.1) is 0 Å². The van der Waals surface area contributed by atoms with Crippen LogP contribution in [0.25, 0.3) is 11.0 Å². The van der Waals surface area contributed by atoms with E-state index >= 15 is 0 Å². The van der Waals surface area contributed by atoms with E-state index in [0.29, 0.717) is 0 Å². The lowest BCUT2D eigenvalue weighted by molar-refractivity contribution is 0.497. The van der Waals surface area contributed by atoms with E-state index in [4.69, 9.17) is 4.42 Å². The molecule has 1 N–H and O–H groups in total. The fourth-order valence-corrected chi connectivity index (χ4v) is 2.30. The molecule has 0 saturated carbocycles. The minimum Gasteiger partial charge on any atom is -0.458 e. The van der Waals surface area contributed by atoms with Gasteiger partial charge >= 0.3 is 0 Å². The fourth-order valence-electron chi connectivity index (χ4n) is 1.84. The van der Waals surface area contributed by atoms with Gasteiger partial charge in [-0.2, -0.15) is 0 Å². The third kappa shape index (κ3) is 2.61. The minimum absolute atomic E-state index is 0.124. The molecule has 17 heavy (non-hydrogen) atoms. The van der Waals surface area contributed by atoms with Gasteiger partial charge in [0.1, 0.15) is 11.3 Å². The maximum atomic E-state index is 5.90. The zero-order chi connectivity index (χ0) is 12.4. The van der Waals surface area contributed by atoms with Gasteiger partial charge in [0, 0.05) is 5.39 Å². The van der Waals surface area contributed by atoms with Crippen molar-refractivity contribution >= 4 is 26.9 Å². The SMILES string of the molecule is CNC(C=C(C)C)c1cc2cccc(Br)c2o1. The summed E-state index contributed by atoms with van der Waals surface area (Å²) in [6, 6.07) is 8.27. The fraction of sp³-hybridized carbons (Fsp3) is 0.286. The second kappa shape index (κ2) is 5.07. The highest BCUT2D eigenvalue weighted by molar-refractivity contribution is 9.10. The quantitative estimate of drug-likeness (QED) is 0.848. The second-order valence-electron chi connectivity index (χ2n) is 4.32. The van der Waals surface area contributed by atoms with Gasteiger partial charge < -0.3 is 9.73 Å². The van der Waals surface area contributed by atoms with E-state index in [0.717, 1.165) is 21.2 Å². The van der Waals surface area contributed by atoms with Gasteiger partial charge in [-0.05, 0) is 49.0 Å². The molecule has 0 aliphatic heterocycles. The van der Waals surface area contributed by atoms with Crippen LogP contribution in [-0.4, -0.2) is 7.05 Å². The van der Waals surface area contributed by atoms with Crippen LogP contribution in [0, 0.1) is 0 Å². The van der Waals surface area contributed by atoms with Crippen molar-refractivity contribution in [2.75, 3.05) is 7.05 Å². The van der Waals surface area contributed by atoms with Crippen molar-refractivity contribution in [3.8, 4) is 0 Å². The lowest BCUT2D eigenvalue weighted by Crippen LogP contribution is -2.13. The summed E-state index contributed by atoms with van der Waals surface area (Å²) in [5.41, 5.74) is 2.17. The number of fused-ring (bicyclic) bond motifs is 1. The molecular formula is C14H16BrNO. The Labute approximate surface area is 110 Å². The Hall–Kier alpha value is -1.06. The highest BCUT2D eigenvalue weighted by Crippen LogP contribution is 2.30. The number of hydrogen-bond acceptors (Lipinski definition) is 2. The summed E-state index contributed by atoms with van der Waals surface area (Å²) in [5, 5.41) is 4.37. The number of hydrogen-bond donors (Lipinski definition) is 1. The van der Waals surface area contributed by atoms with Crippen molar-refractivity contribution in [1.82, 2.24) is 5.32 Å². The van der Waals surface area contributed by atoms with E-state index in [1.807, 2.05) is 19.2 Å². The molecular weight excluding hydrogens is 278 g/mol. The molecule has 1 atom stereocenters. The molecule has 0 radical (unpaired) electrons. The van der Waals surface area contributed by atoms with Gasteiger partial charge in [0.15, 0.2) is 0 Å². The molecule has 2 rings (SSSR count). The van der Waals surface area contributed by atoms with Crippen molar-refractivity contribution in [2.24, 2.45) is 0 Å². The van der Waals surface area contributed by atoms with Crippen LogP contribution in [-0.2, 0) is 0 Å². The summed E-state index contributed by atoms with van der Waals surface area (Å²) in [6.07, 6.45) is 2.16. The third-order valence-corrected chi connectivity index (χ3v) is 3.26. The normalized spacial score (nSPS) is 12.7. The molecule has 0 aliphatic carbocycles. The van der Waals surface area contributed by atoms with E-state index in [2.05, 4.69) is 53.3 Å². The van der Waals surface area contributed by atoms with Crippen LogP contribution in [0.4, 0.5) is 0 Å². The van der Waals surface area contributed by atoms with Gasteiger partial charge in [-0.3, -0.25) is 0 Å². The van der Waals surface area contributed by atoms with E-state index in [9.17, 15) is 0 Å². The predicted octanol–water partition coefficient (Wildman–Crippen LogP) is 4.42. The molecule has 1 aromatic carbocycles. The van der Waals surface area contributed by atoms with Gasteiger partial charge in [0.05, 0.1) is 10.5 Å². The zero-order valence-electron chi connectivity index (χ0n) is 10.3. The van der Waals surface area contributed by atoms with Crippen LogP contribution in [0.2, 0.25) is 0 Å². The lowest BCUT2D eigenvalue weighted by Gasteiger charge is -2.08. The first-order valence-electron chi connectivity index (χ1n) is 5.62. The summed E-state index contributed by atoms with van der Waals surface area (Å²) in [7, 11) is 1.94.